The number of oxazole rings is 1. The van der Waals surface area contributed by atoms with E-state index in [4.69, 9.17) is 9.52 Å². The van der Waals surface area contributed by atoms with Crippen LogP contribution >= 0.6 is 0 Å². The molecule has 1 aromatic carbocycles. The van der Waals surface area contributed by atoms with Crippen LogP contribution in [-0.4, -0.2) is 52.5 Å². The number of aromatic nitrogens is 1. The molecule has 2 amide bonds. The summed E-state index contributed by atoms with van der Waals surface area (Å²) in [5, 5.41) is 11.9. The van der Waals surface area contributed by atoms with Crippen molar-refractivity contribution in [2.24, 2.45) is 5.92 Å². The highest BCUT2D eigenvalue weighted by Gasteiger charge is 2.34. The number of aliphatic hydroxyl groups excluding tert-OH is 1. The van der Waals surface area contributed by atoms with Crippen LogP contribution in [-0.2, 0) is 9.59 Å². The average molecular weight is 438 g/mol. The van der Waals surface area contributed by atoms with Gasteiger partial charge in [-0.1, -0.05) is 24.8 Å². The number of nitrogens with zero attached hydrogens (tertiary/aromatic N) is 2. The van der Waals surface area contributed by atoms with Gasteiger partial charge in [-0.25, -0.2) is 4.98 Å². The fraction of sp³-hybridized carbons (Fsp3) is 0.400. The van der Waals surface area contributed by atoms with Crippen LogP contribution in [0.15, 0.2) is 59.1 Å². The highest BCUT2D eigenvalue weighted by molar-refractivity contribution is 5.96. The summed E-state index contributed by atoms with van der Waals surface area (Å²) >= 11 is 0. The Morgan fingerprint density at radius 2 is 2.09 bits per heavy atom. The largest absolute Gasteiger partial charge is 0.436 e. The van der Waals surface area contributed by atoms with Crippen LogP contribution in [0.2, 0.25) is 0 Å². The van der Waals surface area contributed by atoms with E-state index in [1.165, 1.54) is 0 Å². The first kappa shape index (κ1) is 23.5. The quantitative estimate of drug-likeness (QED) is 0.487. The number of fused-ring (bicyclic) bond motifs is 1. The fourth-order valence-corrected chi connectivity index (χ4v) is 3.89. The van der Waals surface area contributed by atoms with E-state index in [9.17, 15) is 9.59 Å². The fourth-order valence-electron chi connectivity index (χ4n) is 3.89. The van der Waals surface area contributed by atoms with Crippen LogP contribution < -0.4 is 5.32 Å². The first-order valence-corrected chi connectivity index (χ1v) is 10.9. The second kappa shape index (κ2) is 10.4. The second-order valence-corrected chi connectivity index (χ2v) is 8.26. The smallest absolute Gasteiger partial charge is 0.253 e. The van der Waals surface area contributed by atoms with Crippen molar-refractivity contribution in [1.82, 2.24) is 15.2 Å². The monoisotopic (exact) mass is 437 g/mol. The normalized spacial score (nSPS) is 19.9. The minimum absolute atomic E-state index is 0.0222. The molecule has 1 fully saturated rings. The van der Waals surface area contributed by atoms with Gasteiger partial charge in [-0.15, -0.1) is 0 Å². The van der Waals surface area contributed by atoms with E-state index in [1.54, 1.807) is 31.0 Å². The molecule has 32 heavy (non-hydrogen) atoms. The molecule has 1 aromatic heterocycles. The summed E-state index contributed by atoms with van der Waals surface area (Å²) in [7, 11) is 1.75. The molecule has 7 heteroatoms. The van der Waals surface area contributed by atoms with Crippen molar-refractivity contribution in [3.8, 4) is 0 Å². The summed E-state index contributed by atoms with van der Waals surface area (Å²) in [5.74, 6) is 0.0934. The zero-order valence-electron chi connectivity index (χ0n) is 18.9. The number of nitrogens with one attached hydrogen (secondary N) is 1. The van der Waals surface area contributed by atoms with Crippen molar-refractivity contribution < 1.29 is 19.1 Å². The summed E-state index contributed by atoms with van der Waals surface area (Å²) < 4.78 is 5.80. The number of hydrogen-bond acceptors (Lipinski definition) is 5. The van der Waals surface area contributed by atoms with E-state index in [-0.39, 0.29) is 36.4 Å². The SMILES string of the molecule is C=C(C=CC(=CC)c1nc2ccccc2o1)C(=O)N(C)C1CCC(C(=O)NC(C)CO)C1. The number of carbonyl (C=O) groups is 2. The van der Waals surface area contributed by atoms with E-state index in [0.29, 0.717) is 23.5 Å². The van der Waals surface area contributed by atoms with E-state index < -0.39 is 0 Å². The highest BCUT2D eigenvalue weighted by atomic mass is 16.3. The third kappa shape index (κ3) is 5.34. The lowest BCUT2D eigenvalue weighted by atomic mass is 10.1. The molecule has 1 aliphatic carbocycles. The number of likely N-dealkylation sites (N-methyl/N-ethyl adjacent to an activating group) is 1. The Kier molecular flexibility index (Phi) is 7.64. The highest BCUT2D eigenvalue weighted by Crippen LogP contribution is 2.30. The Morgan fingerprint density at radius 3 is 2.78 bits per heavy atom. The van der Waals surface area contributed by atoms with Crippen LogP contribution in [0.1, 0.15) is 39.0 Å². The minimum atomic E-state index is -0.270. The molecule has 1 aliphatic rings. The lowest BCUT2D eigenvalue weighted by Gasteiger charge is -2.25. The first-order chi connectivity index (χ1) is 15.3. The predicted molar refractivity (Wildman–Crippen MR) is 125 cm³/mol. The summed E-state index contributed by atoms with van der Waals surface area (Å²) in [5.41, 5.74) is 2.59. The Hall–Kier alpha value is -3.19. The van der Waals surface area contributed by atoms with Gasteiger partial charge in [0.1, 0.15) is 5.52 Å². The molecule has 0 spiro atoms. The Balaban J connectivity index is 1.60. The van der Waals surface area contributed by atoms with Gasteiger partial charge in [0.25, 0.3) is 5.91 Å². The van der Waals surface area contributed by atoms with Crippen molar-refractivity contribution in [2.45, 2.75) is 45.2 Å². The summed E-state index contributed by atoms with van der Waals surface area (Å²) in [6, 6.07) is 7.25. The van der Waals surface area contributed by atoms with Crippen LogP contribution in [0, 0.1) is 5.92 Å². The molecule has 3 atom stereocenters. The third-order valence-electron chi connectivity index (χ3n) is 5.90. The molecule has 0 aliphatic heterocycles. The molecule has 2 N–H and O–H groups in total. The second-order valence-electron chi connectivity index (χ2n) is 8.26. The molecule has 170 valence electrons. The molecule has 3 unspecified atom stereocenters. The molecule has 0 bridgehead atoms. The number of hydrogen-bond donors (Lipinski definition) is 2. The van der Waals surface area contributed by atoms with E-state index in [2.05, 4.69) is 16.9 Å². The zero-order chi connectivity index (χ0) is 23.3. The predicted octanol–water partition coefficient (Wildman–Crippen LogP) is 3.47. The van der Waals surface area contributed by atoms with Crippen LogP contribution in [0.25, 0.3) is 16.7 Å². The van der Waals surface area contributed by atoms with Crippen molar-refractivity contribution in [3.05, 3.63) is 60.5 Å². The number of rotatable bonds is 8. The van der Waals surface area contributed by atoms with Crippen LogP contribution in [0.4, 0.5) is 0 Å². The zero-order valence-corrected chi connectivity index (χ0v) is 18.9. The van der Waals surface area contributed by atoms with Crippen LogP contribution in [0.3, 0.4) is 0 Å². The van der Waals surface area contributed by atoms with E-state index >= 15 is 0 Å². The Morgan fingerprint density at radius 1 is 1.34 bits per heavy atom. The Bertz CT molecular complexity index is 1020. The Labute approximate surface area is 188 Å². The van der Waals surface area contributed by atoms with Gasteiger partial charge >= 0.3 is 0 Å². The molecule has 1 heterocycles. The molecule has 3 rings (SSSR count). The number of carbonyl (C=O) groups excluding carboxylic acids is 2. The van der Waals surface area contributed by atoms with E-state index in [1.807, 2.05) is 37.3 Å². The number of benzene rings is 1. The van der Waals surface area contributed by atoms with Gasteiger partial charge in [-0.2, -0.15) is 0 Å². The maximum Gasteiger partial charge on any atom is 0.253 e. The summed E-state index contributed by atoms with van der Waals surface area (Å²) in [6.07, 6.45) is 7.40. The average Bonchev–Trinajstić information content (AvgIpc) is 3.45. The summed E-state index contributed by atoms with van der Waals surface area (Å²) in [4.78, 5) is 31.4. The standard InChI is InChI=1S/C25H31N3O4/c1-5-18(24-27-21-8-6-7-9-22(21)32-24)11-10-16(2)25(31)28(4)20-13-12-19(14-20)23(30)26-17(3)15-29/h5-11,17,19-20,29H,2,12-15H2,1,3-4H3,(H,26,30). The number of aliphatic hydroxyl groups is 1. The topological polar surface area (TPSA) is 95.7 Å². The van der Waals surface area contributed by atoms with Gasteiger partial charge in [0.15, 0.2) is 5.58 Å². The molecule has 2 aromatic rings. The maximum atomic E-state index is 12.9. The lowest BCUT2D eigenvalue weighted by Crippen LogP contribution is -2.40. The maximum absolute atomic E-state index is 12.9. The lowest BCUT2D eigenvalue weighted by molar-refractivity contribution is -0.129. The van der Waals surface area contributed by atoms with Gasteiger partial charge in [-0.3, -0.25) is 9.59 Å². The third-order valence-corrected chi connectivity index (χ3v) is 5.90. The molecule has 7 nitrogen and oxygen atoms in total. The van der Waals surface area contributed by atoms with Gasteiger partial charge in [0.2, 0.25) is 11.8 Å². The molecular formula is C25H31N3O4. The van der Waals surface area contributed by atoms with Gasteiger partial charge in [-0.05, 0) is 57.4 Å². The van der Waals surface area contributed by atoms with Gasteiger partial charge < -0.3 is 19.7 Å². The van der Waals surface area contributed by atoms with E-state index in [0.717, 1.165) is 23.9 Å². The van der Waals surface area contributed by atoms with Gasteiger partial charge in [0, 0.05) is 36.2 Å². The summed E-state index contributed by atoms with van der Waals surface area (Å²) in [6.45, 7) is 7.48. The molecular weight excluding hydrogens is 406 g/mol. The molecule has 0 saturated heterocycles. The van der Waals surface area contributed by atoms with Crippen molar-refractivity contribution >= 4 is 28.5 Å². The van der Waals surface area contributed by atoms with Gasteiger partial charge in [0.05, 0.1) is 6.61 Å². The number of para-hydroxylation sites is 2. The minimum Gasteiger partial charge on any atom is -0.436 e. The van der Waals surface area contributed by atoms with Crippen molar-refractivity contribution in [3.63, 3.8) is 0 Å². The molecule has 0 radical (unpaired) electrons. The molecule has 1 saturated carbocycles. The number of amides is 2. The first-order valence-electron chi connectivity index (χ1n) is 10.9. The van der Waals surface area contributed by atoms with Crippen molar-refractivity contribution in [2.75, 3.05) is 13.7 Å². The van der Waals surface area contributed by atoms with Crippen LogP contribution in [0.5, 0.6) is 0 Å². The van der Waals surface area contributed by atoms with Crippen molar-refractivity contribution in [1.29, 1.82) is 0 Å². The number of allylic oxidation sites excluding steroid dienone is 3.